The van der Waals surface area contributed by atoms with Crippen LogP contribution in [-0.4, -0.2) is 59.0 Å². The van der Waals surface area contributed by atoms with Gasteiger partial charge in [0.05, 0.1) is 6.54 Å². The average Bonchev–Trinajstić information content (AvgIpc) is 2.65. The molecule has 0 saturated carbocycles. The maximum atomic E-state index is 12.5. The van der Waals surface area contributed by atoms with Crippen molar-refractivity contribution in [2.75, 3.05) is 26.2 Å². The first kappa shape index (κ1) is 21.4. The number of piperidine rings is 1. The number of carbonyl (C=O) groups is 2. The zero-order chi connectivity index (χ0) is 19.8. The Bertz CT molecular complexity index is 604. The number of benzene rings is 1. The summed E-state index contributed by atoms with van der Waals surface area (Å²) in [5, 5.41) is 9.02. The van der Waals surface area contributed by atoms with Crippen LogP contribution in [0.5, 0.6) is 0 Å². The van der Waals surface area contributed by atoms with Gasteiger partial charge in [-0.15, -0.1) is 0 Å². The van der Waals surface area contributed by atoms with E-state index in [0.29, 0.717) is 12.3 Å². The molecule has 2 rings (SSSR count). The molecule has 1 aliphatic rings. The molecule has 1 aromatic carbocycles. The fourth-order valence-corrected chi connectivity index (χ4v) is 3.88. The smallest absolute Gasteiger partial charge is 0.317 e. The van der Waals surface area contributed by atoms with Gasteiger partial charge in [0.2, 0.25) is 5.91 Å². The van der Waals surface area contributed by atoms with Gasteiger partial charge in [-0.05, 0) is 49.3 Å². The minimum absolute atomic E-state index is 0.0852. The van der Waals surface area contributed by atoms with E-state index < -0.39 is 5.97 Å². The van der Waals surface area contributed by atoms with Gasteiger partial charge in [-0.1, -0.05) is 45.0 Å². The normalized spacial score (nSPS) is 15.5. The van der Waals surface area contributed by atoms with Crippen LogP contribution in [0.2, 0.25) is 0 Å². The summed E-state index contributed by atoms with van der Waals surface area (Å²) in [6.45, 7) is 8.71. The van der Waals surface area contributed by atoms with Crippen molar-refractivity contribution < 1.29 is 14.7 Å². The summed E-state index contributed by atoms with van der Waals surface area (Å²) in [5.74, 6) is 0.0789. The number of likely N-dealkylation sites (tertiary alicyclic amines) is 1. The number of hydrogen-bond acceptors (Lipinski definition) is 3. The molecule has 1 heterocycles. The molecule has 1 saturated heterocycles. The molecular formula is C22H34N2O3. The third kappa shape index (κ3) is 6.98. The molecular weight excluding hydrogens is 340 g/mol. The summed E-state index contributed by atoms with van der Waals surface area (Å²) in [7, 11) is 0. The quantitative estimate of drug-likeness (QED) is 0.721. The van der Waals surface area contributed by atoms with E-state index in [4.69, 9.17) is 5.11 Å². The van der Waals surface area contributed by atoms with Crippen molar-refractivity contribution in [3.8, 4) is 0 Å². The molecule has 27 heavy (non-hydrogen) atoms. The van der Waals surface area contributed by atoms with Gasteiger partial charge in [0.1, 0.15) is 0 Å². The lowest BCUT2D eigenvalue weighted by Gasteiger charge is -2.37. The number of aliphatic carboxylic acids is 1. The van der Waals surface area contributed by atoms with Crippen LogP contribution in [0.4, 0.5) is 0 Å². The Hall–Kier alpha value is -1.88. The van der Waals surface area contributed by atoms with Gasteiger partial charge in [0.15, 0.2) is 0 Å². The van der Waals surface area contributed by atoms with Crippen molar-refractivity contribution in [1.82, 2.24) is 9.80 Å². The highest BCUT2D eigenvalue weighted by Gasteiger charge is 2.26. The maximum Gasteiger partial charge on any atom is 0.317 e. The second kappa shape index (κ2) is 10.5. The molecule has 1 aliphatic heterocycles. The number of amides is 1. The third-order valence-electron chi connectivity index (χ3n) is 5.37. The predicted octanol–water partition coefficient (Wildman–Crippen LogP) is 3.22. The summed E-state index contributed by atoms with van der Waals surface area (Å²) in [6, 6.07) is 8.90. The molecule has 0 bridgehead atoms. The zero-order valence-corrected chi connectivity index (χ0v) is 17.0. The molecule has 5 heteroatoms. The summed E-state index contributed by atoms with van der Waals surface area (Å²) < 4.78 is 0. The molecule has 1 N–H and O–H groups in total. The number of carboxylic acid groups (broad SMARTS) is 1. The molecule has 0 aliphatic carbocycles. The Labute approximate surface area is 163 Å². The predicted molar refractivity (Wildman–Crippen MR) is 108 cm³/mol. The van der Waals surface area contributed by atoms with Crippen LogP contribution in [-0.2, 0) is 22.4 Å². The molecule has 1 aromatic rings. The number of carbonyl (C=O) groups excluding carboxylic acids is 1. The van der Waals surface area contributed by atoms with Crippen LogP contribution in [0.25, 0.3) is 0 Å². The molecule has 0 atom stereocenters. The topological polar surface area (TPSA) is 60.9 Å². The van der Waals surface area contributed by atoms with Gasteiger partial charge in [0, 0.05) is 25.6 Å². The van der Waals surface area contributed by atoms with E-state index in [1.807, 2.05) is 16.7 Å². The molecule has 1 fully saturated rings. The number of carboxylic acids is 1. The van der Waals surface area contributed by atoms with Crippen molar-refractivity contribution in [3.05, 3.63) is 35.4 Å². The van der Waals surface area contributed by atoms with Crippen molar-refractivity contribution in [1.29, 1.82) is 0 Å². The van der Waals surface area contributed by atoms with Gasteiger partial charge in [-0.25, -0.2) is 0 Å². The largest absolute Gasteiger partial charge is 0.480 e. The van der Waals surface area contributed by atoms with Crippen LogP contribution in [0.3, 0.4) is 0 Å². The SMILES string of the molecule is CCN(CC(=O)O)C1CCN(C(=O)CCc2ccc(CC(C)C)cc2)CC1. The fraction of sp³-hybridized carbons (Fsp3) is 0.636. The van der Waals surface area contributed by atoms with E-state index >= 15 is 0 Å². The van der Waals surface area contributed by atoms with Gasteiger partial charge < -0.3 is 10.0 Å². The highest BCUT2D eigenvalue weighted by atomic mass is 16.4. The van der Waals surface area contributed by atoms with Crippen molar-refractivity contribution in [2.24, 2.45) is 5.92 Å². The van der Waals surface area contributed by atoms with Crippen LogP contribution in [0.15, 0.2) is 24.3 Å². The van der Waals surface area contributed by atoms with Crippen LogP contribution < -0.4 is 0 Å². The van der Waals surface area contributed by atoms with Crippen molar-refractivity contribution >= 4 is 11.9 Å². The van der Waals surface area contributed by atoms with E-state index in [9.17, 15) is 9.59 Å². The van der Waals surface area contributed by atoms with Gasteiger partial charge in [0.25, 0.3) is 0 Å². The molecule has 0 unspecified atom stereocenters. The number of hydrogen-bond donors (Lipinski definition) is 1. The second-order valence-electron chi connectivity index (χ2n) is 7.98. The van der Waals surface area contributed by atoms with Gasteiger partial charge >= 0.3 is 5.97 Å². The first-order valence-electron chi connectivity index (χ1n) is 10.2. The summed E-state index contributed by atoms with van der Waals surface area (Å²) in [4.78, 5) is 27.4. The third-order valence-corrected chi connectivity index (χ3v) is 5.37. The van der Waals surface area contributed by atoms with Crippen LogP contribution in [0, 0.1) is 5.92 Å². The van der Waals surface area contributed by atoms with Crippen LogP contribution in [0.1, 0.15) is 51.2 Å². The molecule has 0 radical (unpaired) electrons. The number of likely N-dealkylation sites (N-methyl/N-ethyl adjacent to an activating group) is 1. The second-order valence-corrected chi connectivity index (χ2v) is 7.98. The van der Waals surface area contributed by atoms with Gasteiger partial charge in [-0.2, -0.15) is 0 Å². The molecule has 5 nitrogen and oxygen atoms in total. The molecule has 150 valence electrons. The molecule has 0 spiro atoms. The highest BCUT2D eigenvalue weighted by Crippen LogP contribution is 2.18. The van der Waals surface area contributed by atoms with Gasteiger partial charge in [-0.3, -0.25) is 14.5 Å². The van der Waals surface area contributed by atoms with Crippen molar-refractivity contribution in [3.63, 3.8) is 0 Å². The first-order valence-corrected chi connectivity index (χ1v) is 10.2. The summed E-state index contributed by atoms with van der Waals surface area (Å²) in [6.07, 6.45) is 4.12. The number of nitrogens with zero attached hydrogens (tertiary/aromatic N) is 2. The van der Waals surface area contributed by atoms with Crippen molar-refractivity contribution in [2.45, 2.75) is 58.9 Å². The first-order chi connectivity index (χ1) is 12.9. The minimum atomic E-state index is -0.783. The number of aryl methyl sites for hydroxylation is 1. The summed E-state index contributed by atoms with van der Waals surface area (Å²) >= 11 is 0. The molecule has 0 aromatic heterocycles. The van der Waals surface area contributed by atoms with Crippen LogP contribution >= 0.6 is 0 Å². The summed E-state index contributed by atoms with van der Waals surface area (Å²) in [5.41, 5.74) is 2.56. The number of rotatable bonds is 9. The molecule has 1 amide bonds. The minimum Gasteiger partial charge on any atom is -0.480 e. The maximum absolute atomic E-state index is 12.5. The van der Waals surface area contributed by atoms with E-state index in [-0.39, 0.29) is 18.5 Å². The lowest BCUT2D eigenvalue weighted by atomic mass is 9.99. The Balaban J connectivity index is 1.76. The van der Waals surface area contributed by atoms with E-state index in [0.717, 1.165) is 45.3 Å². The monoisotopic (exact) mass is 374 g/mol. The Morgan fingerprint density at radius 3 is 2.26 bits per heavy atom. The Morgan fingerprint density at radius 2 is 1.74 bits per heavy atom. The Morgan fingerprint density at radius 1 is 1.15 bits per heavy atom. The average molecular weight is 375 g/mol. The van der Waals surface area contributed by atoms with E-state index in [2.05, 4.69) is 38.1 Å². The zero-order valence-electron chi connectivity index (χ0n) is 17.0. The van der Waals surface area contributed by atoms with E-state index in [1.54, 1.807) is 0 Å². The van der Waals surface area contributed by atoms with E-state index in [1.165, 1.54) is 11.1 Å². The lowest BCUT2D eigenvalue weighted by molar-refractivity contribution is -0.140. The Kier molecular flexibility index (Phi) is 8.29. The highest BCUT2D eigenvalue weighted by molar-refractivity contribution is 5.76. The standard InChI is InChI=1S/C22H34N2O3/c1-4-23(16-22(26)27)20-11-13-24(14-12-20)21(25)10-9-18-5-7-19(8-6-18)15-17(2)3/h5-8,17,20H,4,9-16H2,1-3H3,(H,26,27). The lowest BCUT2D eigenvalue weighted by Crippen LogP contribution is -2.48. The fourth-order valence-electron chi connectivity index (χ4n) is 3.88.